The first kappa shape index (κ1) is 70.1. The highest BCUT2D eigenvalue weighted by Gasteiger charge is 2.50. The van der Waals surface area contributed by atoms with E-state index in [0.29, 0.717) is 0 Å². The fourth-order valence-electron chi connectivity index (χ4n) is 13.0. The number of piperazine rings is 1. The first-order chi connectivity index (χ1) is 44.9. The van der Waals surface area contributed by atoms with Crippen LogP contribution in [0.15, 0.2) is 91.0 Å². The summed E-state index contributed by atoms with van der Waals surface area (Å²) in [5.74, 6) is -8.54. The molecular weight excluding hydrogens is 1220 g/mol. The summed E-state index contributed by atoms with van der Waals surface area (Å²) in [7, 11) is 0. The van der Waals surface area contributed by atoms with E-state index in [-0.39, 0.29) is 67.5 Å². The number of hydrogen-bond donors (Lipinski definition) is 14. The molecule has 15 atom stereocenters. The molecule has 5 aliphatic heterocycles. The number of nitrogens with two attached hydrogens (primary N) is 2. The van der Waals surface area contributed by atoms with Crippen molar-refractivity contribution in [3.63, 3.8) is 0 Å². The summed E-state index contributed by atoms with van der Waals surface area (Å²) in [4.78, 5) is 111. The molecule has 510 valence electrons. The van der Waals surface area contributed by atoms with E-state index in [9.17, 15) is 69.3 Å². The highest BCUT2D eigenvalue weighted by Crippen LogP contribution is 2.32. The maximum atomic E-state index is 14.7. The van der Waals surface area contributed by atoms with Gasteiger partial charge < -0.3 is 108 Å². The molecule has 4 aromatic carbocycles. The van der Waals surface area contributed by atoms with Gasteiger partial charge in [-0.25, -0.2) is 0 Å². The Hall–Kier alpha value is -8.19. The zero-order valence-corrected chi connectivity index (χ0v) is 53.3. The second-order valence-corrected chi connectivity index (χ2v) is 25.3. The Morgan fingerprint density at radius 2 is 1.20 bits per heavy atom. The Bertz CT molecular complexity index is 3280. The number of aliphatic hydroxyl groups excluding tert-OH is 6. The number of morpholine rings is 1. The van der Waals surface area contributed by atoms with Gasteiger partial charge in [0.1, 0.15) is 42.9 Å². The van der Waals surface area contributed by atoms with E-state index in [0.717, 1.165) is 65.9 Å². The zero-order chi connectivity index (χ0) is 67.7. The van der Waals surface area contributed by atoms with Gasteiger partial charge >= 0.3 is 0 Å². The number of benzene rings is 4. The summed E-state index contributed by atoms with van der Waals surface area (Å²) < 4.78 is 11.4. The highest BCUT2D eigenvalue weighted by molar-refractivity contribution is 6.00. The first-order valence-electron chi connectivity index (χ1n) is 32.2. The molecule has 5 heterocycles. The van der Waals surface area contributed by atoms with E-state index >= 15 is 0 Å². The number of aromatic hydroxyl groups is 1. The largest absolute Gasteiger partial charge is 0.504 e. The predicted molar refractivity (Wildman–Crippen MR) is 346 cm³/mol. The Morgan fingerprint density at radius 3 is 1.80 bits per heavy atom. The van der Waals surface area contributed by atoms with Gasteiger partial charge in [0.2, 0.25) is 35.4 Å². The van der Waals surface area contributed by atoms with Crippen molar-refractivity contribution >= 4 is 58.4 Å². The smallest absolute Gasteiger partial charge is 0.251 e. The van der Waals surface area contributed by atoms with Gasteiger partial charge in [0.25, 0.3) is 5.91 Å². The molecule has 0 aromatic heterocycles. The number of aliphatic hydroxyl groups is 6. The Kier molecular flexibility index (Phi) is 23.4. The molecule has 9 rings (SSSR count). The SMILES string of the molecule is C[C@@H]1CN(c2ccc(N3CCN(c4ccc(-c5ccc(C(=O)N[C@H]6C[C@@H](O)CNC(=O)[C@@H]7[C@@H](O)[C@@H](C)CN7C(=O)[C@H]([C@H](O)CCN)NC(=O)[C@H]([C@H](O)Cc7ccc(O)c(OCCN)c7)NC(=O)[C@@H]7C[C@@H](O)CN7C(=O)[C@H]([C@@H](C)O)NC6=O)cc5)cc4)CC3)cc2)C[C@H](C)O1. The van der Waals surface area contributed by atoms with E-state index < -0.39 is 152 Å². The zero-order valence-electron chi connectivity index (χ0n) is 53.3. The molecule has 0 saturated carbocycles. The fourth-order valence-corrected chi connectivity index (χ4v) is 13.0. The minimum absolute atomic E-state index is 0.00243. The van der Waals surface area contributed by atoms with Crippen molar-refractivity contribution in [1.82, 2.24) is 36.4 Å². The van der Waals surface area contributed by atoms with Crippen molar-refractivity contribution in [2.45, 2.75) is 138 Å². The van der Waals surface area contributed by atoms with Gasteiger partial charge in [0.15, 0.2) is 11.5 Å². The molecule has 28 heteroatoms. The number of phenolic OH excluding ortho intramolecular Hbond substituents is 1. The van der Waals surface area contributed by atoms with E-state index in [1.807, 2.05) is 24.3 Å². The van der Waals surface area contributed by atoms with Crippen LogP contribution in [-0.4, -0.2) is 251 Å². The minimum atomic E-state index is -2.04. The molecule has 0 unspecified atom stereocenters. The van der Waals surface area contributed by atoms with Gasteiger partial charge in [-0.2, -0.15) is 0 Å². The summed E-state index contributed by atoms with van der Waals surface area (Å²) >= 11 is 0. The molecule has 28 nitrogen and oxygen atoms in total. The van der Waals surface area contributed by atoms with Gasteiger partial charge in [-0.15, -0.1) is 0 Å². The van der Waals surface area contributed by atoms with Crippen molar-refractivity contribution in [3.05, 3.63) is 102 Å². The maximum absolute atomic E-state index is 14.7. The van der Waals surface area contributed by atoms with Crippen LogP contribution in [-0.2, 0) is 39.9 Å². The van der Waals surface area contributed by atoms with Crippen LogP contribution in [0.2, 0.25) is 0 Å². The number of nitrogens with zero attached hydrogens (tertiary/aromatic N) is 5. The molecule has 16 N–H and O–H groups in total. The number of nitrogens with one attached hydrogen (secondary N) is 5. The fraction of sp³-hybridized carbons (Fsp3) is 0.530. The lowest BCUT2D eigenvalue weighted by molar-refractivity contribution is -0.147. The van der Waals surface area contributed by atoms with Gasteiger partial charge in [0.05, 0.1) is 48.8 Å². The third-order valence-corrected chi connectivity index (χ3v) is 18.0. The normalized spacial score (nSPS) is 28.0. The highest BCUT2D eigenvalue weighted by atomic mass is 16.5. The molecule has 0 bridgehead atoms. The Balaban J connectivity index is 0.932. The molecule has 5 saturated heterocycles. The number of carbonyl (C=O) groups is 7. The number of anilines is 3. The minimum Gasteiger partial charge on any atom is -0.504 e. The van der Waals surface area contributed by atoms with Crippen LogP contribution in [0.25, 0.3) is 11.1 Å². The van der Waals surface area contributed by atoms with Crippen LogP contribution in [0.1, 0.15) is 62.9 Å². The number of β-amino-alcohol motifs (C(OH)–C–C–N with tert-alkyl or cyclic N) is 1. The van der Waals surface area contributed by atoms with E-state index in [2.05, 4.69) is 79.4 Å². The van der Waals surface area contributed by atoms with Gasteiger partial charge in [0, 0.05) is 113 Å². The van der Waals surface area contributed by atoms with E-state index in [1.165, 1.54) is 48.6 Å². The van der Waals surface area contributed by atoms with Crippen LogP contribution in [0.5, 0.6) is 11.5 Å². The average molecular weight is 1310 g/mol. The third kappa shape index (κ3) is 16.8. The number of fused-ring (bicyclic) bond motifs is 2. The van der Waals surface area contributed by atoms with E-state index in [4.69, 9.17) is 20.9 Å². The molecular formula is C66H90N12O16. The molecule has 5 fully saturated rings. The van der Waals surface area contributed by atoms with Crippen molar-refractivity contribution in [2.24, 2.45) is 17.4 Å². The van der Waals surface area contributed by atoms with Gasteiger partial charge in [-0.05, 0) is 111 Å². The predicted octanol–water partition coefficient (Wildman–Crippen LogP) is -2.37. The Labute approximate surface area is 545 Å². The number of ether oxygens (including phenoxy) is 2. The van der Waals surface area contributed by atoms with E-state index in [1.54, 1.807) is 19.1 Å². The molecule has 0 radical (unpaired) electrons. The van der Waals surface area contributed by atoms with Crippen LogP contribution in [0.4, 0.5) is 17.1 Å². The Morgan fingerprint density at radius 1 is 0.638 bits per heavy atom. The number of rotatable bonds is 16. The maximum Gasteiger partial charge on any atom is 0.251 e. The number of amides is 7. The lowest BCUT2D eigenvalue weighted by Crippen LogP contribution is -2.64. The number of phenols is 1. The lowest BCUT2D eigenvalue weighted by atomic mass is 9.98. The van der Waals surface area contributed by atoms with Crippen LogP contribution >= 0.6 is 0 Å². The second kappa shape index (κ2) is 31.4. The van der Waals surface area contributed by atoms with Crippen molar-refractivity contribution < 1.29 is 78.8 Å². The number of carbonyl (C=O) groups excluding carboxylic acids is 7. The lowest BCUT2D eigenvalue weighted by Gasteiger charge is -2.38. The van der Waals surface area contributed by atoms with Crippen molar-refractivity contribution in [3.8, 4) is 22.6 Å². The van der Waals surface area contributed by atoms with Gasteiger partial charge in [-0.1, -0.05) is 37.3 Å². The van der Waals surface area contributed by atoms with Crippen molar-refractivity contribution in [2.75, 3.05) is 93.3 Å². The summed E-state index contributed by atoms with van der Waals surface area (Å²) in [6, 6.07) is 16.4. The molecule has 4 aromatic rings. The quantitative estimate of drug-likeness (QED) is 0.0558. The second-order valence-electron chi connectivity index (χ2n) is 25.3. The molecule has 94 heavy (non-hydrogen) atoms. The molecule has 7 amide bonds. The molecule has 5 aliphatic rings. The monoisotopic (exact) mass is 1310 g/mol. The van der Waals surface area contributed by atoms with Crippen LogP contribution in [0, 0.1) is 5.92 Å². The number of hydrogen-bond acceptors (Lipinski definition) is 21. The summed E-state index contributed by atoms with van der Waals surface area (Å²) in [6.45, 7) is 10.3. The van der Waals surface area contributed by atoms with Gasteiger partial charge in [-0.3, -0.25) is 33.6 Å². The standard InChI is InChI=1S/C66H90N12O16/c1-36-32-78-58(59(36)85)64(90)69-31-47(80)29-49(70-60(86)43-8-6-41(7-9-43)42-10-12-44(13-11-42)74-22-24-75(25-23-74)45-14-16-46(17-15-45)76-33-37(2)94-38(3)34-76)61(87)71-55(39(4)79)65(91)77-35-48(81)30-50(77)62(88)72-56(63(89)73-57(66(78)92)52(83)19-20-67)53(84)27-40-5-18-51(82)54(28-40)93-26-21-68/h5-18,28,36-39,47-50,52-53,55-59,79-85H,19-27,29-35,67-68H2,1-4H3,(H,69,90)(H,70,86)(H,71,87)(H,72,88)(H,73,89)/t36-,37-,38+,39+,47+,48+,49-,50-,52+,53+,55-,56-,57-,58-,59-/m0/s1. The van der Waals surface area contributed by atoms with Crippen molar-refractivity contribution in [1.29, 1.82) is 0 Å². The topological polar surface area (TPSA) is 408 Å². The average Bonchev–Trinajstić information content (AvgIpc) is 1.58. The summed E-state index contributed by atoms with van der Waals surface area (Å²) in [6.07, 6.45) is -11.4. The summed E-state index contributed by atoms with van der Waals surface area (Å²) in [5.41, 5.74) is 16.8. The summed E-state index contributed by atoms with van der Waals surface area (Å²) in [5, 5.41) is 91.6. The molecule has 0 aliphatic carbocycles. The molecule has 0 spiro atoms. The van der Waals surface area contributed by atoms with Crippen LogP contribution < -0.4 is 57.5 Å². The first-order valence-corrected chi connectivity index (χ1v) is 32.2. The third-order valence-electron chi connectivity index (χ3n) is 18.0. The van der Waals surface area contributed by atoms with Crippen LogP contribution in [0.3, 0.4) is 0 Å².